The van der Waals surface area contributed by atoms with E-state index in [9.17, 15) is 0 Å². The smallest absolute Gasteiger partial charge is 0.279 e. The molecule has 0 aliphatic heterocycles. The normalized spacial score (nSPS) is 9.88. The Bertz CT molecular complexity index is 491. The van der Waals surface area contributed by atoms with Crippen molar-refractivity contribution >= 4 is 6.02 Å². The van der Waals surface area contributed by atoms with Crippen LogP contribution in [-0.4, -0.2) is 6.02 Å². The van der Waals surface area contributed by atoms with Gasteiger partial charge in [-0.15, -0.1) is 0 Å². The van der Waals surface area contributed by atoms with Crippen molar-refractivity contribution in [2.24, 2.45) is 5.73 Å². The minimum atomic E-state index is -0.253. The summed E-state index contributed by atoms with van der Waals surface area (Å²) in [6, 6.07) is 17.9. The average molecular weight is 226 g/mol. The van der Waals surface area contributed by atoms with Gasteiger partial charge in [0, 0.05) is 0 Å². The van der Waals surface area contributed by atoms with Gasteiger partial charge in [-0.1, -0.05) is 54.6 Å². The second-order valence-corrected chi connectivity index (χ2v) is 3.72. The van der Waals surface area contributed by atoms with Gasteiger partial charge in [-0.05, 0) is 16.7 Å². The van der Waals surface area contributed by atoms with E-state index in [1.165, 1.54) is 5.56 Å². The Morgan fingerprint density at radius 2 is 1.53 bits per heavy atom. The third kappa shape index (κ3) is 3.08. The van der Waals surface area contributed by atoms with Crippen LogP contribution in [0, 0.1) is 5.41 Å². The summed E-state index contributed by atoms with van der Waals surface area (Å²) >= 11 is 0. The molecule has 0 saturated heterocycles. The molecule has 0 unspecified atom stereocenters. The molecule has 3 heteroatoms. The van der Waals surface area contributed by atoms with Gasteiger partial charge in [0.05, 0.1) is 0 Å². The second kappa shape index (κ2) is 5.16. The first-order chi connectivity index (χ1) is 8.25. The lowest BCUT2D eigenvalue weighted by Gasteiger charge is -2.05. The maximum atomic E-state index is 6.98. The van der Waals surface area contributed by atoms with E-state index in [1.807, 2.05) is 42.5 Å². The molecular formula is C14H14N2O. The van der Waals surface area contributed by atoms with Gasteiger partial charge >= 0.3 is 0 Å². The summed E-state index contributed by atoms with van der Waals surface area (Å²) in [5, 5.41) is 6.98. The average Bonchev–Trinajstić information content (AvgIpc) is 2.38. The molecule has 0 saturated carbocycles. The van der Waals surface area contributed by atoms with Gasteiger partial charge in [-0.25, -0.2) is 0 Å². The molecule has 17 heavy (non-hydrogen) atoms. The molecule has 3 nitrogen and oxygen atoms in total. The Balaban J connectivity index is 2.11. The van der Waals surface area contributed by atoms with Crippen molar-refractivity contribution in [1.29, 1.82) is 5.41 Å². The second-order valence-electron chi connectivity index (χ2n) is 3.72. The highest BCUT2D eigenvalue weighted by Gasteiger charge is 1.98. The zero-order chi connectivity index (χ0) is 12.1. The van der Waals surface area contributed by atoms with Crippen LogP contribution < -0.4 is 5.73 Å². The van der Waals surface area contributed by atoms with Gasteiger partial charge in [0.2, 0.25) is 0 Å². The number of rotatable bonds is 3. The molecule has 0 aromatic heterocycles. The van der Waals surface area contributed by atoms with E-state index in [0.29, 0.717) is 6.61 Å². The van der Waals surface area contributed by atoms with Gasteiger partial charge < -0.3 is 10.5 Å². The first-order valence-corrected chi connectivity index (χ1v) is 5.37. The SMILES string of the molecule is N=C(N)OCc1ccc(-c2ccccc2)cc1. The predicted molar refractivity (Wildman–Crippen MR) is 68.6 cm³/mol. The minimum absolute atomic E-state index is 0.253. The Kier molecular flexibility index (Phi) is 3.40. The summed E-state index contributed by atoms with van der Waals surface area (Å²) in [5.41, 5.74) is 8.47. The molecule has 0 aliphatic rings. The highest BCUT2D eigenvalue weighted by molar-refractivity contribution is 5.67. The number of hydrogen-bond donors (Lipinski definition) is 2. The van der Waals surface area contributed by atoms with Gasteiger partial charge in [0.15, 0.2) is 0 Å². The molecule has 0 bridgehead atoms. The van der Waals surface area contributed by atoms with E-state index in [1.54, 1.807) is 0 Å². The van der Waals surface area contributed by atoms with Crippen molar-refractivity contribution in [2.75, 3.05) is 0 Å². The molecule has 0 aliphatic carbocycles. The summed E-state index contributed by atoms with van der Waals surface area (Å²) in [4.78, 5) is 0. The fraction of sp³-hybridized carbons (Fsp3) is 0.0714. The monoisotopic (exact) mass is 226 g/mol. The van der Waals surface area contributed by atoms with Crippen molar-refractivity contribution in [3.05, 3.63) is 60.2 Å². The molecule has 3 N–H and O–H groups in total. The number of nitrogens with two attached hydrogens (primary N) is 1. The van der Waals surface area contributed by atoms with Gasteiger partial charge in [-0.2, -0.15) is 0 Å². The van der Waals surface area contributed by atoms with Crippen molar-refractivity contribution in [3.8, 4) is 11.1 Å². The standard InChI is InChI=1S/C14H14N2O/c15-14(16)17-10-11-6-8-13(9-7-11)12-4-2-1-3-5-12/h1-9H,10H2,(H3,15,16). The Morgan fingerprint density at radius 1 is 0.941 bits per heavy atom. The maximum absolute atomic E-state index is 6.98. The van der Waals surface area contributed by atoms with Crippen molar-refractivity contribution in [1.82, 2.24) is 0 Å². The summed E-state index contributed by atoms with van der Waals surface area (Å²) in [6.07, 6.45) is 0. The van der Waals surface area contributed by atoms with Gasteiger partial charge in [0.1, 0.15) is 6.61 Å². The Morgan fingerprint density at radius 3 is 2.12 bits per heavy atom. The highest BCUT2D eigenvalue weighted by Crippen LogP contribution is 2.19. The van der Waals surface area contributed by atoms with Crippen LogP contribution in [0.15, 0.2) is 54.6 Å². The fourth-order valence-electron chi connectivity index (χ4n) is 1.59. The number of hydrogen-bond acceptors (Lipinski definition) is 2. The van der Waals surface area contributed by atoms with Gasteiger partial charge in [-0.3, -0.25) is 5.41 Å². The highest BCUT2D eigenvalue weighted by atomic mass is 16.5. The van der Waals surface area contributed by atoms with Crippen LogP contribution >= 0.6 is 0 Å². The molecular weight excluding hydrogens is 212 g/mol. The molecule has 0 atom stereocenters. The maximum Gasteiger partial charge on any atom is 0.279 e. The van der Waals surface area contributed by atoms with Crippen LogP contribution in [-0.2, 0) is 11.3 Å². The zero-order valence-electron chi connectivity index (χ0n) is 9.39. The molecule has 86 valence electrons. The summed E-state index contributed by atoms with van der Waals surface area (Å²) < 4.78 is 4.93. The van der Waals surface area contributed by atoms with E-state index in [0.717, 1.165) is 11.1 Å². The number of nitrogens with one attached hydrogen (secondary N) is 1. The molecule has 0 fully saturated rings. The summed E-state index contributed by atoms with van der Waals surface area (Å²) in [6.45, 7) is 0.338. The lowest BCUT2D eigenvalue weighted by Crippen LogP contribution is -2.13. The van der Waals surface area contributed by atoms with Crippen LogP contribution in [0.5, 0.6) is 0 Å². The fourth-order valence-corrected chi connectivity index (χ4v) is 1.59. The number of ether oxygens (including phenoxy) is 1. The van der Waals surface area contributed by atoms with E-state index < -0.39 is 0 Å². The first kappa shape index (κ1) is 11.2. The largest absolute Gasteiger partial charge is 0.461 e. The van der Waals surface area contributed by atoms with Crippen molar-refractivity contribution in [2.45, 2.75) is 6.61 Å². The number of benzene rings is 2. The molecule has 0 radical (unpaired) electrons. The quantitative estimate of drug-likeness (QED) is 0.624. The van der Waals surface area contributed by atoms with Crippen molar-refractivity contribution < 1.29 is 4.74 Å². The lowest BCUT2D eigenvalue weighted by atomic mass is 10.0. The van der Waals surface area contributed by atoms with Crippen LogP contribution in [0.4, 0.5) is 0 Å². The van der Waals surface area contributed by atoms with Crippen molar-refractivity contribution in [3.63, 3.8) is 0 Å². The van der Waals surface area contributed by atoms with Crippen LogP contribution in [0.2, 0.25) is 0 Å². The van der Waals surface area contributed by atoms with E-state index in [4.69, 9.17) is 15.9 Å². The summed E-state index contributed by atoms with van der Waals surface area (Å²) in [5.74, 6) is 0. The molecule has 0 spiro atoms. The van der Waals surface area contributed by atoms with E-state index in [2.05, 4.69) is 12.1 Å². The zero-order valence-corrected chi connectivity index (χ0v) is 9.39. The Hall–Kier alpha value is -2.29. The van der Waals surface area contributed by atoms with Crippen LogP contribution in [0.3, 0.4) is 0 Å². The topological polar surface area (TPSA) is 59.1 Å². The number of amidine groups is 1. The van der Waals surface area contributed by atoms with Crippen LogP contribution in [0.25, 0.3) is 11.1 Å². The van der Waals surface area contributed by atoms with E-state index in [-0.39, 0.29) is 6.02 Å². The molecule has 2 aromatic rings. The first-order valence-electron chi connectivity index (χ1n) is 5.37. The third-order valence-corrected chi connectivity index (χ3v) is 2.46. The van der Waals surface area contributed by atoms with E-state index >= 15 is 0 Å². The molecule has 0 amide bonds. The lowest BCUT2D eigenvalue weighted by molar-refractivity contribution is 0.284. The minimum Gasteiger partial charge on any atom is -0.461 e. The predicted octanol–water partition coefficient (Wildman–Crippen LogP) is 2.76. The molecule has 0 heterocycles. The van der Waals surface area contributed by atoms with Crippen LogP contribution in [0.1, 0.15) is 5.56 Å². The molecule has 2 rings (SSSR count). The van der Waals surface area contributed by atoms with Gasteiger partial charge in [0.25, 0.3) is 6.02 Å². The Labute approximate surface area is 100 Å². The molecule has 2 aromatic carbocycles. The summed E-state index contributed by atoms with van der Waals surface area (Å²) in [7, 11) is 0. The third-order valence-electron chi connectivity index (χ3n) is 2.46.